The highest BCUT2D eigenvalue weighted by atomic mass is 32.2. The Morgan fingerprint density at radius 3 is 2.44 bits per heavy atom. The Bertz CT molecular complexity index is 429. The largest absolute Gasteiger partial charge is 0.286 e. The van der Waals surface area contributed by atoms with Crippen molar-refractivity contribution in [1.82, 2.24) is 0 Å². The molecule has 0 fully saturated rings. The van der Waals surface area contributed by atoms with Crippen molar-refractivity contribution in [3.63, 3.8) is 0 Å². The van der Waals surface area contributed by atoms with Gasteiger partial charge in [-0.2, -0.15) is 0 Å². The zero-order valence-corrected chi connectivity index (χ0v) is 10.8. The maximum atomic E-state index is 4.68. The molecule has 0 atom stereocenters. The van der Waals surface area contributed by atoms with Gasteiger partial charge in [0.2, 0.25) is 0 Å². The molecular formula is C14H17NS. The number of hydrogen-bond donors (Lipinski definition) is 0. The first-order valence-electron chi connectivity index (χ1n) is 5.62. The molecule has 0 saturated carbocycles. The van der Waals surface area contributed by atoms with E-state index in [1.165, 1.54) is 21.8 Å². The summed E-state index contributed by atoms with van der Waals surface area (Å²) in [6.07, 6.45) is 3.19. The topological polar surface area (TPSA) is 12.4 Å². The van der Waals surface area contributed by atoms with E-state index >= 15 is 0 Å². The molecule has 0 saturated heterocycles. The van der Waals surface area contributed by atoms with Crippen LogP contribution >= 0.6 is 11.8 Å². The molecule has 0 aromatic heterocycles. The minimum atomic E-state index is 0.386. The summed E-state index contributed by atoms with van der Waals surface area (Å²) in [6, 6.07) is 11.0. The van der Waals surface area contributed by atoms with Crippen LogP contribution in [0.1, 0.15) is 25.8 Å². The van der Waals surface area contributed by atoms with Crippen molar-refractivity contribution in [2.45, 2.75) is 26.3 Å². The molecule has 2 rings (SSSR count). The quantitative estimate of drug-likeness (QED) is 0.765. The number of nitrogens with zero attached hydrogens (tertiary/aromatic N) is 1. The number of thioether (sulfide) groups is 1. The Morgan fingerprint density at radius 1 is 1.19 bits per heavy atom. The molecule has 0 spiro atoms. The van der Waals surface area contributed by atoms with E-state index in [1.54, 1.807) is 0 Å². The molecule has 2 heteroatoms. The molecule has 1 aliphatic rings. The maximum Gasteiger partial charge on any atom is 0.0487 e. The molecule has 0 bridgehead atoms. The van der Waals surface area contributed by atoms with Crippen LogP contribution in [0.2, 0.25) is 0 Å². The van der Waals surface area contributed by atoms with Crippen LogP contribution in [-0.2, 0) is 0 Å². The van der Waals surface area contributed by atoms with Gasteiger partial charge in [0.05, 0.1) is 0 Å². The molecule has 1 aromatic carbocycles. The zero-order valence-electron chi connectivity index (χ0n) is 10.0. The lowest BCUT2D eigenvalue weighted by atomic mass is 9.89. The lowest BCUT2D eigenvalue weighted by Gasteiger charge is -2.26. The molecule has 1 aromatic rings. The van der Waals surface area contributed by atoms with E-state index in [0.717, 1.165) is 6.42 Å². The second-order valence-corrected chi connectivity index (χ2v) is 5.12. The molecule has 0 amide bonds. The average molecular weight is 231 g/mol. The van der Waals surface area contributed by atoms with Gasteiger partial charge in [-0.3, -0.25) is 4.99 Å². The van der Waals surface area contributed by atoms with E-state index < -0.39 is 0 Å². The van der Waals surface area contributed by atoms with Gasteiger partial charge < -0.3 is 0 Å². The smallest absolute Gasteiger partial charge is 0.0487 e. The minimum Gasteiger partial charge on any atom is -0.286 e. The summed E-state index contributed by atoms with van der Waals surface area (Å²) in [5.74, 6) is 0. The van der Waals surface area contributed by atoms with Gasteiger partial charge in [0.1, 0.15) is 0 Å². The summed E-state index contributed by atoms with van der Waals surface area (Å²) < 4.78 is 0. The molecule has 1 aliphatic carbocycles. The van der Waals surface area contributed by atoms with E-state index in [4.69, 9.17) is 0 Å². The fourth-order valence-corrected chi connectivity index (χ4v) is 2.63. The van der Waals surface area contributed by atoms with Gasteiger partial charge in [0.15, 0.2) is 0 Å². The standard InChI is InChI=1S/C14H17NS/c1-10(2)15-12-9-13(16-3)14(12)11-7-5-4-6-8-11/h4-8,10H,9H2,1-3H3. The number of allylic oxidation sites excluding steroid dienone is 2. The van der Waals surface area contributed by atoms with E-state index in [2.05, 4.69) is 55.4 Å². The summed E-state index contributed by atoms with van der Waals surface area (Å²) in [4.78, 5) is 6.15. The van der Waals surface area contributed by atoms with Gasteiger partial charge in [0.25, 0.3) is 0 Å². The predicted octanol–water partition coefficient (Wildman–Crippen LogP) is 4.01. The van der Waals surface area contributed by atoms with Gasteiger partial charge in [-0.25, -0.2) is 0 Å². The Balaban J connectivity index is 2.37. The second-order valence-electron chi connectivity index (χ2n) is 4.21. The molecule has 0 N–H and O–H groups in total. The highest BCUT2D eigenvalue weighted by molar-refractivity contribution is 8.02. The van der Waals surface area contributed by atoms with Crippen LogP contribution in [0.3, 0.4) is 0 Å². The van der Waals surface area contributed by atoms with Crippen LogP contribution in [0.4, 0.5) is 0 Å². The molecule has 84 valence electrons. The summed E-state index contributed by atoms with van der Waals surface area (Å²) in [7, 11) is 0. The normalized spacial score (nSPS) is 18.1. The van der Waals surface area contributed by atoms with Gasteiger partial charge in [-0.15, -0.1) is 11.8 Å². The van der Waals surface area contributed by atoms with Crippen molar-refractivity contribution >= 4 is 23.0 Å². The third kappa shape index (κ3) is 2.22. The highest BCUT2D eigenvalue weighted by Crippen LogP contribution is 2.39. The van der Waals surface area contributed by atoms with Crippen molar-refractivity contribution in [1.29, 1.82) is 0 Å². The first kappa shape index (κ1) is 11.5. The average Bonchev–Trinajstić information content (AvgIpc) is 2.24. The Labute approximate surface area is 102 Å². The van der Waals surface area contributed by atoms with Gasteiger partial charge >= 0.3 is 0 Å². The Morgan fingerprint density at radius 2 is 1.88 bits per heavy atom. The molecule has 0 radical (unpaired) electrons. The molecule has 16 heavy (non-hydrogen) atoms. The van der Waals surface area contributed by atoms with E-state index in [1.807, 2.05) is 11.8 Å². The van der Waals surface area contributed by atoms with Crippen molar-refractivity contribution in [2.24, 2.45) is 4.99 Å². The summed E-state index contributed by atoms with van der Waals surface area (Å²) in [5, 5.41) is 0. The van der Waals surface area contributed by atoms with E-state index in [9.17, 15) is 0 Å². The summed E-state index contributed by atoms with van der Waals surface area (Å²) in [5.41, 5.74) is 3.94. The number of hydrogen-bond acceptors (Lipinski definition) is 2. The minimum absolute atomic E-state index is 0.386. The van der Waals surface area contributed by atoms with Crippen LogP contribution in [0, 0.1) is 0 Å². The van der Waals surface area contributed by atoms with Crippen LogP contribution < -0.4 is 0 Å². The second kappa shape index (κ2) is 4.88. The van der Waals surface area contributed by atoms with E-state index in [-0.39, 0.29) is 0 Å². The van der Waals surface area contributed by atoms with Gasteiger partial charge in [-0.05, 0) is 25.7 Å². The lowest BCUT2D eigenvalue weighted by molar-refractivity contribution is 0.832. The number of benzene rings is 1. The van der Waals surface area contributed by atoms with Gasteiger partial charge in [0, 0.05) is 28.7 Å². The predicted molar refractivity (Wildman–Crippen MR) is 74.1 cm³/mol. The van der Waals surface area contributed by atoms with Crippen molar-refractivity contribution in [3.8, 4) is 0 Å². The highest BCUT2D eigenvalue weighted by Gasteiger charge is 2.25. The Kier molecular flexibility index (Phi) is 3.49. The summed E-state index contributed by atoms with van der Waals surface area (Å²) >= 11 is 1.84. The van der Waals surface area contributed by atoms with E-state index in [0.29, 0.717) is 6.04 Å². The molecule has 0 aliphatic heterocycles. The van der Waals surface area contributed by atoms with Crippen LogP contribution in [0.15, 0.2) is 40.2 Å². The zero-order chi connectivity index (χ0) is 11.5. The molecule has 1 nitrogen and oxygen atoms in total. The third-order valence-corrected chi connectivity index (χ3v) is 3.46. The monoisotopic (exact) mass is 231 g/mol. The number of aliphatic imine (C=N–C) groups is 1. The fourth-order valence-electron chi connectivity index (χ4n) is 1.91. The lowest BCUT2D eigenvalue weighted by Crippen LogP contribution is -2.17. The number of rotatable bonds is 3. The molecular weight excluding hydrogens is 214 g/mol. The van der Waals surface area contributed by atoms with Crippen LogP contribution in [0.5, 0.6) is 0 Å². The molecule has 0 unspecified atom stereocenters. The SMILES string of the molecule is CSC1=C(c2ccccc2)C(=NC(C)C)C1. The maximum absolute atomic E-state index is 4.68. The van der Waals surface area contributed by atoms with Crippen LogP contribution in [0.25, 0.3) is 5.57 Å². The van der Waals surface area contributed by atoms with Crippen molar-refractivity contribution in [2.75, 3.05) is 6.26 Å². The van der Waals surface area contributed by atoms with Crippen LogP contribution in [-0.4, -0.2) is 18.0 Å². The first-order valence-corrected chi connectivity index (χ1v) is 6.84. The van der Waals surface area contributed by atoms with Crippen molar-refractivity contribution in [3.05, 3.63) is 40.8 Å². The first-order chi connectivity index (χ1) is 7.72. The Hall–Kier alpha value is -1.02. The fraction of sp³-hybridized carbons (Fsp3) is 0.357. The van der Waals surface area contributed by atoms with Crippen molar-refractivity contribution < 1.29 is 0 Å². The summed E-state index contributed by atoms with van der Waals surface area (Å²) in [6.45, 7) is 4.26. The van der Waals surface area contributed by atoms with Gasteiger partial charge in [-0.1, -0.05) is 30.3 Å². The third-order valence-electron chi connectivity index (χ3n) is 2.62. The molecule has 0 heterocycles.